The highest BCUT2D eigenvalue weighted by Gasteiger charge is 2.25. The van der Waals surface area contributed by atoms with E-state index in [0.717, 1.165) is 29.2 Å². The van der Waals surface area contributed by atoms with Crippen molar-refractivity contribution in [3.05, 3.63) is 22.7 Å². The fraction of sp³-hybridized carbons (Fsp3) is 0.636. The van der Waals surface area contributed by atoms with E-state index in [1.54, 1.807) is 6.33 Å². The van der Waals surface area contributed by atoms with Crippen molar-refractivity contribution < 1.29 is 0 Å². The second-order valence-corrected chi connectivity index (χ2v) is 5.38. The van der Waals surface area contributed by atoms with E-state index in [9.17, 15) is 0 Å². The molecule has 0 aliphatic carbocycles. The Labute approximate surface area is 116 Å². The predicted octanol–water partition coefficient (Wildman–Crippen LogP) is 1.22. The summed E-state index contributed by atoms with van der Waals surface area (Å²) in [5.74, 6) is 6.50. The van der Waals surface area contributed by atoms with E-state index in [1.165, 1.54) is 11.5 Å². The lowest BCUT2D eigenvalue weighted by Crippen LogP contribution is -2.31. The summed E-state index contributed by atoms with van der Waals surface area (Å²) in [5, 5.41) is 8.42. The minimum atomic E-state index is -0.216. The van der Waals surface area contributed by atoms with Gasteiger partial charge in [-0.3, -0.25) is 5.84 Å². The van der Waals surface area contributed by atoms with Crippen LogP contribution in [0.15, 0.2) is 6.33 Å². The second kappa shape index (κ2) is 6.18. The molecule has 0 spiro atoms. The number of hydrazine groups is 1. The van der Waals surface area contributed by atoms with Crippen LogP contribution in [0.25, 0.3) is 0 Å². The molecule has 0 aliphatic heterocycles. The summed E-state index contributed by atoms with van der Waals surface area (Å²) in [6.45, 7) is 6.23. The van der Waals surface area contributed by atoms with Crippen molar-refractivity contribution in [2.75, 3.05) is 0 Å². The van der Waals surface area contributed by atoms with Crippen LogP contribution in [0.4, 0.5) is 0 Å². The number of nitrogens with two attached hydrogens (primary N) is 1. The molecule has 19 heavy (non-hydrogen) atoms. The Hall–Kier alpha value is -1.38. The van der Waals surface area contributed by atoms with Crippen LogP contribution < -0.4 is 11.3 Å². The number of nitrogens with zero attached hydrogens (tertiary/aromatic N) is 5. The average Bonchev–Trinajstić information content (AvgIpc) is 3.01. The van der Waals surface area contributed by atoms with Gasteiger partial charge in [0.25, 0.3) is 0 Å². The SMILES string of the molecule is CCCc1nnsc1C(NN)c1ncnn1C(C)C. The quantitative estimate of drug-likeness (QED) is 0.610. The van der Waals surface area contributed by atoms with Crippen LogP contribution in [0.2, 0.25) is 0 Å². The van der Waals surface area contributed by atoms with E-state index in [2.05, 4.69) is 45.9 Å². The van der Waals surface area contributed by atoms with Gasteiger partial charge in [0.2, 0.25) is 0 Å². The molecule has 0 saturated heterocycles. The number of aryl methyl sites for hydroxylation is 1. The lowest BCUT2D eigenvalue weighted by Gasteiger charge is -2.17. The maximum absolute atomic E-state index is 5.71. The van der Waals surface area contributed by atoms with Crippen LogP contribution in [0.5, 0.6) is 0 Å². The van der Waals surface area contributed by atoms with Crippen LogP contribution in [0.1, 0.15) is 55.7 Å². The Morgan fingerprint density at radius 1 is 1.47 bits per heavy atom. The summed E-state index contributed by atoms with van der Waals surface area (Å²) in [6.07, 6.45) is 3.46. The van der Waals surface area contributed by atoms with E-state index in [4.69, 9.17) is 5.84 Å². The Kier molecular flexibility index (Phi) is 4.56. The summed E-state index contributed by atoms with van der Waals surface area (Å²) in [7, 11) is 0. The van der Waals surface area contributed by atoms with Crippen molar-refractivity contribution >= 4 is 11.5 Å². The first-order valence-electron chi connectivity index (χ1n) is 6.35. The summed E-state index contributed by atoms with van der Waals surface area (Å²) < 4.78 is 5.89. The van der Waals surface area contributed by atoms with Gasteiger partial charge in [-0.2, -0.15) is 5.10 Å². The van der Waals surface area contributed by atoms with E-state index in [-0.39, 0.29) is 12.1 Å². The third-order valence-electron chi connectivity index (χ3n) is 2.85. The lowest BCUT2D eigenvalue weighted by atomic mass is 10.1. The van der Waals surface area contributed by atoms with Gasteiger partial charge in [0.1, 0.15) is 12.4 Å². The molecule has 2 rings (SSSR count). The van der Waals surface area contributed by atoms with Crippen LogP contribution in [0.3, 0.4) is 0 Å². The molecule has 2 aromatic heterocycles. The van der Waals surface area contributed by atoms with Crippen molar-refractivity contribution in [1.29, 1.82) is 0 Å². The van der Waals surface area contributed by atoms with Gasteiger partial charge in [0.15, 0.2) is 5.82 Å². The molecule has 1 atom stereocenters. The number of nitrogens with one attached hydrogen (secondary N) is 1. The first-order valence-corrected chi connectivity index (χ1v) is 7.13. The molecule has 0 aromatic carbocycles. The first-order chi connectivity index (χ1) is 9.19. The predicted molar refractivity (Wildman–Crippen MR) is 73.5 cm³/mol. The molecule has 0 aliphatic rings. The molecule has 1 unspecified atom stereocenters. The zero-order valence-corrected chi connectivity index (χ0v) is 12.2. The molecular weight excluding hydrogens is 262 g/mol. The molecule has 104 valence electrons. The smallest absolute Gasteiger partial charge is 0.151 e. The van der Waals surface area contributed by atoms with Gasteiger partial charge < -0.3 is 0 Å². The van der Waals surface area contributed by atoms with E-state index in [1.807, 2.05) is 4.68 Å². The summed E-state index contributed by atoms with van der Waals surface area (Å²) in [4.78, 5) is 5.34. The Bertz CT molecular complexity index is 519. The summed E-state index contributed by atoms with van der Waals surface area (Å²) >= 11 is 1.36. The van der Waals surface area contributed by atoms with Crippen molar-refractivity contribution in [2.45, 2.75) is 45.7 Å². The van der Waals surface area contributed by atoms with Crippen molar-refractivity contribution in [3.8, 4) is 0 Å². The van der Waals surface area contributed by atoms with E-state index >= 15 is 0 Å². The Morgan fingerprint density at radius 2 is 2.26 bits per heavy atom. The minimum Gasteiger partial charge on any atom is -0.270 e. The number of aromatic nitrogens is 5. The molecule has 0 amide bonds. The van der Waals surface area contributed by atoms with Crippen molar-refractivity contribution in [2.24, 2.45) is 5.84 Å². The Balaban J connectivity index is 2.38. The number of rotatable bonds is 6. The summed E-state index contributed by atoms with van der Waals surface area (Å²) in [5.41, 5.74) is 3.79. The van der Waals surface area contributed by atoms with E-state index in [0.29, 0.717) is 0 Å². The molecule has 0 saturated carbocycles. The van der Waals surface area contributed by atoms with Crippen LogP contribution in [-0.4, -0.2) is 24.4 Å². The van der Waals surface area contributed by atoms with Gasteiger partial charge in [-0.1, -0.05) is 17.8 Å². The van der Waals surface area contributed by atoms with Gasteiger partial charge >= 0.3 is 0 Å². The second-order valence-electron chi connectivity index (χ2n) is 4.59. The Morgan fingerprint density at radius 3 is 2.89 bits per heavy atom. The monoisotopic (exact) mass is 281 g/mol. The van der Waals surface area contributed by atoms with Crippen LogP contribution in [-0.2, 0) is 6.42 Å². The minimum absolute atomic E-state index is 0.216. The lowest BCUT2D eigenvalue weighted by molar-refractivity contribution is 0.470. The largest absolute Gasteiger partial charge is 0.270 e. The molecule has 2 aromatic rings. The maximum Gasteiger partial charge on any atom is 0.151 e. The van der Waals surface area contributed by atoms with Gasteiger partial charge in [0, 0.05) is 6.04 Å². The zero-order chi connectivity index (χ0) is 13.8. The molecule has 8 heteroatoms. The highest BCUT2D eigenvalue weighted by Crippen LogP contribution is 2.26. The topological polar surface area (TPSA) is 94.5 Å². The normalized spacial score (nSPS) is 13.1. The van der Waals surface area contributed by atoms with Crippen molar-refractivity contribution in [1.82, 2.24) is 29.8 Å². The third-order valence-corrected chi connectivity index (χ3v) is 3.68. The molecule has 7 nitrogen and oxygen atoms in total. The molecular formula is C11H19N7S. The number of hydrogen-bond donors (Lipinski definition) is 2. The highest BCUT2D eigenvalue weighted by atomic mass is 32.1. The average molecular weight is 281 g/mol. The molecule has 0 radical (unpaired) electrons. The number of hydrogen-bond acceptors (Lipinski definition) is 7. The standard InChI is InChI=1S/C11H19N7S/c1-4-5-8-10(19-17-16-8)9(15-12)11-13-6-14-18(11)7(2)3/h6-7,9,15H,4-5,12H2,1-3H3. The molecule has 0 bridgehead atoms. The molecule has 2 heterocycles. The molecule has 0 fully saturated rings. The third kappa shape index (κ3) is 2.80. The zero-order valence-electron chi connectivity index (χ0n) is 11.4. The fourth-order valence-electron chi connectivity index (χ4n) is 1.98. The first kappa shape index (κ1) is 14.0. The van der Waals surface area contributed by atoms with Crippen LogP contribution >= 0.6 is 11.5 Å². The maximum atomic E-state index is 5.71. The van der Waals surface area contributed by atoms with Crippen LogP contribution in [0, 0.1) is 0 Å². The van der Waals surface area contributed by atoms with Gasteiger partial charge in [-0.25, -0.2) is 15.1 Å². The highest BCUT2D eigenvalue weighted by molar-refractivity contribution is 7.05. The van der Waals surface area contributed by atoms with Gasteiger partial charge in [-0.15, -0.1) is 5.10 Å². The fourth-order valence-corrected chi connectivity index (χ4v) is 2.73. The van der Waals surface area contributed by atoms with E-state index < -0.39 is 0 Å². The summed E-state index contributed by atoms with van der Waals surface area (Å²) in [6, 6.07) is 0.00954. The molecule has 3 N–H and O–H groups in total. The van der Waals surface area contributed by atoms with Gasteiger partial charge in [0.05, 0.1) is 10.6 Å². The van der Waals surface area contributed by atoms with Crippen molar-refractivity contribution in [3.63, 3.8) is 0 Å². The van der Waals surface area contributed by atoms with Gasteiger partial charge in [-0.05, 0) is 31.8 Å².